The Morgan fingerprint density at radius 3 is 2.65 bits per heavy atom. The van der Waals surface area contributed by atoms with Gasteiger partial charge in [-0.1, -0.05) is 13.8 Å². The average molecular weight is 275 g/mol. The van der Waals surface area contributed by atoms with Gasteiger partial charge in [0.15, 0.2) is 0 Å². The van der Waals surface area contributed by atoms with E-state index in [1.807, 2.05) is 10.9 Å². The first-order valence-corrected chi connectivity index (χ1v) is 7.30. The van der Waals surface area contributed by atoms with Gasteiger partial charge in [0.05, 0.1) is 18.4 Å². The Morgan fingerprint density at radius 2 is 2.00 bits per heavy atom. The molecule has 2 aromatic rings. The second-order valence-corrected chi connectivity index (χ2v) is 5.69. The number of hydrogen-bond donors (Lipinski definition) is 1. The van der Waals surface area contributed by atoms with Crippen LogP contribution in [0.2, 0.25) is 0 Å². The van der Waals surface area contributed by atoms with Gasteiger partial charge in [-0.2, -0.15) is 10.2 Å². The van der Waals surface area contributed by atoms with Gasteiger partial charge in [0.25, 0.3) is 0 Å². The summed E-state index contributed by atoms with van der Waals surface area (Å²) in [6.45, 7) is 13.3. The second kappa shape index (κ2) is 6.11. The van der Waals surface area contributed by atoms with Crippen LogP contribution < -0.4 is 5.32 Å². The molecule has 0 aliphatic heterocycles. The lowest BCUT2D eigenvalue weighted by molar-refractivity contribution is 0.475. The summed E-state index contributed by atoms with van der Waals surface area (Å²) in [6.07, 6.45) is 1.92. The second-order valence-electron chi connectivity index (χ2n) is 5.69. The van der Waals surface area contributed by atoms with Crippen molar-refractivity contribution < 1.29 is 0 Å². The van der Waals surface area contributed by atoms with Crippen molar-refractivity contribution in [2.75, 3.05) is 5.32 Å². The monoisotopic (exact) mass is 275 g/mol. The zero-order chi connectivity index (χ0) is 14.7. The highest BCUT2D eigenvalue weighted by Gasteiger charge is 2.09. The third kappa shape index (κ3) is 3.21. The molecule has 5 heteroatoms. The SMILES string of the molecule is CCn1ncc(C)c1CNc1cc(C)n(CC(C)C)n1. The van der Waals surface area contributed by atoms with Gasteiger partial charge in [-0.3, -0.25) is 9.36 Å². The predicted molar refractivity (Wildman–Crippen MR) is 81.8 cm³/mol. The Kier molecular flexibility index (Phi) is 4.47. The smallest absolute Gasteiger partial charge is 0.148 e. The molecule has 0 amide bonds. The van der Waals surface area contributed by atoms with Gasteiger partial charge in [-0.15, -0.1) is 0 Å². The van der Waals surface area contributed by atoms with Crippen LogP contribution in [0.5, 0.6) is 0 Å². The molecule has 0 atom stereocenters. The Bertz CT molecular complexity index is 565. The van der Waals surface area contributed by atoms with Gasteiger partial charge in [0.2, 0.25) is 0 Å². The maximum Gasteiger partial charge on any atom is 0.148 e. The number of rotatable bonds is 6. The fourth-order valence-corrected chi connectivity index (χ4v) is 2.31. The molecular formula is C15H25N5. The van der Waals surface area contributed by atoms with Crippen LogP contribution in [0.25, 0.3) is 0 Å². The quantitative estimate of drug-likeness (QED) is 0.881. The standard InChI is InChI=1S/C15H25N5/c1-6-19-14(12(4)8-17-19)9-16-15-7-13(5)20(18-15)10-11(2)3/h7-8,11H,6,9-10H2,1-5H3,(H,16,18). The summed E-state index contributed by atoms with van der Waals surface area (Å²) in [4.78, 5) is 0. The molecule has 1 N–H and O–H groups in total. The zero-order valence-corrected chi connectivity index (χ0v) is 13.1. The first kappa shape index (κ1) is 14.6. The van der Waals surface area contributed by atoms with E-state index in [2.05, 4.69) is 60.9 Å². The van der Waals surface area contributed by atoms with E-state index in [1.54, 1.807) is 0 Å². The molecule has 0 aromatic carbocycles. The highest BCUT2D eigenvalue weighted by Crippen LogP contribution is 2.14. The van der Waals surface area contributed by atoms with Crippen LogP contribution in [0, 0.1) is 19.8 Å². The van der Waals surface area contributed by atoms with Gasteiger partial charge >= 0.3 is 0 Å². The number of nitrogens with zero attached hydrogens (tertiary/aromatic N) is 4. The summed E-state index contributed by atoms with van der Waals surface area (Å²) in [5, 5.41) is 12.4. The first-order chi connectivity index (χ1) is 9.51. The van der Waals surface area contributed by atoms with Crippen LogP contribution in [0.3, 0.4) is 0 Å². The molecule has 0 radical (unpaired) electrons. The van der Waals surface area contributed by atoms with E-state index in [0.717, 1.165) is 25.5 Å². The van der Waals surface area contributed by atoms with Crippen molar-refractivity contribution in [3.63, 3.8) is 0 Å². The van der Waals surface area contributed by atoms with Gasteiger partial charge in [0.1, 0.15) is 5.82 Å². The molecule has 0 aliphatic rings. The lowest BCUT2D eigenvalue weighted by Gasteiger charge is -2.08. The summed E-state index contributed by atoms with van der Waals surface area (Å²) in [6, 6.07) is 2.10. The molecule has 0 aliphatic carbocycles. The predicted octanol–water partition coefficient (Wildman–Crippen LogP) is 2.98. The van der Waals surface area contributed by atoms with E-state index in [4.69, 9.17) is 0 Å². The van der Waals surface area contributed by atoms with E-state index in [-0.39, 0.29) is 0 Å². The van der Waals surface area contributed by atoms with Crippen molar-refractivity contribution in [2.24, 2.45) is 5.92 Å². The Hall–Kier alpha value is -1.78. The summed E-state index contributed by atoms with van der Waals surface area (Å²) in [5.41, 5.74) is 3.64. The van der Waals surface area contributed by atoms with E-state index in [1.165, 1.54) is 17.0 Å². The Labute approximate surface area is 121 Å². The minimum Gasteiger partial charge on any atom is -0.363 e. The molecule has 2 heterocycles. The normalized spacial score (nSPS) is 11.3. The molecule has 110 valence electrons. The van der Waals surface area contributed by atoms with Crippen LogP contribution in [0.4, 0.5) is 5.82 Å². The van der Waals surface area contributed by atoms with Gasteiger partial charge in [-0.05, 0) is 32.3 Å². The third-order valence-corrected chi connectivity index (χ3v) is 3.41. The molecule has 0 fully saturated rings. The average Bonchev–Trinajstić information content (AvgIpc) is 2.90. The van der Waals surface area contributed by atoms with Crippen LogP contribution >= 0.6 is 0 Å². The summed E-state index contributed by atoms with van der Waals surface area (Å²) >= 11 is 0. The Morgan fingerprint density at radius 1 is 1.25 bits per heavy atom. The van der Waals surface area contributed by atoms with Crippen molar-refractivity contribution in [3.05, 3.63) is 29.2 Å². The van der Waals surface area contributed by atoms with E-state index in [9.17, 15) is 0 Å². The van der Waals surface area contributed by atoms with Crippen LogP contribution in [0.15, 0.2) is 12.3 Å². The van der Waals surface area contributed by atoms with Gasteiger partial charge in [-0.25, -0.2) is 0 Å². The largest absolute Gasteiger partial charge is 0.363 e. The number of anilines is 1. The molecule has 20 heavy (non-hydrogen) atoms. The van der Waals surface area contributed by atoms with Crippen LogP contribution in [0.1, 0.15) is 37.7 Å². The molecule has 0 bridgehead atoms. The molecule has 0 saturated carbocycles. The summed E-state index contributed by atoms with van der Waals surface area (Å²) in [7, 11) is 0. The molecule has 2 rings (SSSR count). The fraction of sp³-hybridized carbons (Fsp3) is 0.600. The number of hydrogen-bond acceptors (Lipinski definition) is 3. The van der Waals surface area contributed by atoms with Crippen molar-refractivity contribution in [1.82, 2.24) is 19.6 Å². The molecule has 5 nitrogen and oxygen atoms in total. The highest BCUT2D eigenvalue weighted by molar-refractivity contribution is 5.36. The van der Waals surface area contributed by atoms with Crippen molar-refractivity contribution in [3.8, 4) is 0 Å². The van der Waals surface area contributed by atoms with Crippen LogP contribution in [-0.4, -0.2) is 19.6 Å². The maximum atomic E-state index is 4.61. The zero-order valence-electron chi connectivity index (χ0n) is 13.1. The lowest BCUT2D eigenvalue weighted by atomic mass is 10.2. The molecule has 0 saturated heterocycles. The molecule has 0 unspecified atom stereocenters. The van der Waals surface area contributed by atoms with Crippen molar-refractivity contribution in [1.29, 1.82) is 0 Å². The Balaban J connectivity index is 2.05. The van der Waals surface area contributed by atoms with Crippen LogP contribution in [-0.2, 0) is 19.6 Å². The highest BCUT2D eigenvalue weighted by atomic mass is 15.3. The van der Waals surface area contributed by atoms with Gasteiger partial charge in [0, 0.05) is 24.8 Å². The minimum absolute atomic E-state index is 0.602. The lowest BCUT2D eigenvalue weighted by Crippen LogP contribution is -2.10. The molecular weight excluding hydrogens is 250 g/mol. The van der Waals surface area contributed by atoms with Crippen molar-refractivity contribution >= 4 is 5.82 Å². The van der Waals surface area contributed by atoms with E-state index in [0.29, 0.717) is 5.92 Å². The fourth-order valence-electron chi connectivity index (χ4n) is 2.31. The maximum absolute atomic E-state index is 4.61. The molecule has 0 spiro atoms. The van der Waals surface area contributed by atoms with E-state index < -0.39 is 0 Å². The molecule has 2 aromatic heterocycles. The number of aryl methyl sites for hydroxylation is 3. The third-order valence-electron chi connectivity index (χ3n) is 3.41. The van der Waals surface area contributed by atoms with Gasteiger partial charge < -0.3 is 5.32 Å². The number of nitrogens with one attached hydrogen (secondary N) is 1. The van der Waals surface area contributed by atoms with E-state index >= 15 is 0 Å². The number of aromatic nitrogens is 4. The first-order valence-electron chi connectivity index (χ1n) is 7.30. The summed E-state index contributed by atoms with van der Waals surface area (Å²) < 4.78 is 4.09. The topological polar surface area (TPSA) is 47.7 Å². The summed E-state index contributed by atoms with van der Waals surface area (Å²) in [5.74, 6) is 1.54. The minimum atomic E-state index is 0.602. The van der Waals surface area contributed by atoms with Crippen molar-refractivity contribution in [2.45, 2.75) is 54.3 Å².